The Morgan fingerprint density at radius 2 is 1.83 bits per heavy atom. The van der Waals surface area contributed by atoms with Gasteiger partial charge in [0.05, 0.1) is 5.69 Å². The number of halogens is 1. The van der Waals surface area contributed by atoms with E-state index in [1.807, 2.05) is 0 Å². The number of rotatable bonds is 4. The molecule has 0 bridgehead atoms. The molecule has 0 radical (unpaired) electrons. The highest BCUT2D eigenvalue weighted by molar-refractivity contribution is 6.02. The number of hydrogen-bond donors (Lipinski definition) is 2. The van der Waals surface area contributed by atoms with E-state index in [0.29, 0.717) is 11.9 Å². The van der Waals surface area contributed by atoms with E-state index in [4.69, 9.17) is 0 Å². The second-order valence-corrected chi connectivity index (χ2v) is 5.72. The Balaban J connectivity index is 1.62. The number of carbonyl (C=O) groups is 1. The monoisotopic (exact) mass is 314 g/mol. The van der Waals surface area contributed by atoms with Crippen molar-refractivity contribution in [2.75, 3.05) is 10.6 Å². The third kappa shape index (κ3) is 4.03. The van der Waals surface area contributed by atoms with E-state index in [1.54, 1.807) is 24.3 Å². The molecule has 1 aliphatic rings. The lowest BCUT2D eigenvalue weighted by molar-refractivity contribution is 0.102. The highest BCUT2D eigenvalue weighted by atomic mass is 19.1. The van der Waals surface area contributed by atoms with Gasteiger partial charge >= 0.3 is 0 Å². The minimum atomic E-state index is -0.482. The van der Waals surface area contributed by atoms with E-state index in [-0.39, 0.29) is 11.4 Å². The molecule has 1 aromatic heterocycles. The van der Waals surface area contributed by atoms with Crippen LogP contribution in [0.25, 0.3) is 0 Å². The molecule has 1 heterocycles. The van der Waals surface area contributed by atoms with Crippen molar-refractivity contribution in [2.24, 2.45) is 0 Å². The molecule has 0 spiro atoms. The second-order valence-electron chi connectivity index (χ2n) is 5.72. The Labute approximate surface area is 134 Å². The number of anilines is 2. The first-order valence-electron chi connectivity index (χ1n) is 7.88. The van der Waals surface area contributed by atoms with Crippen LogP contribution in [0.1, 0.15) is 42.6 Å². The summed E-state index contributed by atoms with van der Waals surface area (Å²) in [6.07, 6.45) is 6.02. The molecule has 1 aliphatic carbocycles. The number of aromatic nitrogens is 2. The fourth-order valence-electron chi connectivity index (χ4n) is 2.74. The molecule has 0 aliphatic heterocycles. The maximum atomic E-state index is 13.5. The number of para-hydroxylation sites is 1. The standard InChI is InChI=1S/C17H19FN4O/c18-13-8-4-5-9-14(13)20-17(23)15-10-11-16(22-21-15)19-12-6-2-1-3-7-12/h4-5,8-12H,1-3,6-7H2,(H,19,22)(H,20,23). The highest BCUT2D eigenvalue weighted by Gasteiger charge is 2.15. The maximum absolute atomic E-state index is 13.5. The first kappa shape index (κ1) is 15.4. The SMILES string of the molecule is O=C(Nc1ccccc1F)c1ccc(NC2CCCCC2)nn1. The number of amides is 1. The normalized spacial score (nSPS) is 15.2. The topological polar surface area (TPSA) is 66.9 Å². The molecule has 6 heteroatoms. The molecule has 1 saturated carbocycles. The lowest BCUT2D eigenvalue weighted by Gasteiger charge is -2.22. The molecule has 1 amide bonds. The van der Waals surface area contributed by atoms with Crippen LogP contribution in [-0.2, 0) is 0 Å². The van der Waals surface area contributed by atoms with Crippen LogP contribution in [0.2, 0.25) is 0 Å². The Bertz CT molecular complexity index is 669. The fourth-order valence-corrected chi connectivity index (χ4v) is 2.74. The third-order valence-electron chi connectivity index (χ3n) is 3.98. The van der Waals surface area contributed by atoms with Crippen LogP contribution in [-0.4, -0.2) is 22.1 Å². The van der Waals surface area contributed by atoms with Gasteiger partial charge in [0.15, 0.2) is 5.69 Å². The van der Waals surface area contributed by atoms with E-state index < -0.39 is 11.7 Å². The van der Waals surface area contributed by atoms with Crippen LogP contribution in [0, 0.1) is 5.82 Å². The summed E-state index contributed by atoms with van der Waals surface area (Å²) in [4.78, 5) is 12.1. The molecule has 2 aromatic rings. The van der Waals surface area contributed by atoms with Gasteiger partial charge in [-0.3, -0.25) is 4.79 Å². The van der Waals surface area contributed by atoms with Crippen molar-refractivity contribution in [2.45, 2.75) is 38.1 Å². The molecule has 1 aromatic carbocycles. The van der Waals surface area contributed by atoms with E-state index in [2.05, 4.69) is 20.8 Å². The van der Waals surface area contributed by atoms with Crippen LogP contribution in [0.15, 0.2) is 36.4 Å². The summed E-state index contributed by atoms with van der Waals surface area (Å²) in [5.74, 6) is -0.296. The minimum absolute atomic E-state index is 0.128. The molecule has 0 unspecified atom stereocenters. The smallest absolute Gasteiger partial charge is 0.276 e. The highest BCUT2D eigenvalue weighted by Crippen LogP contribution is 2.20. The molecular formula is C17H19FN4O. The largest absolute Gasteiger partial charge is 0.366 e. The van der Waals surface area contributed by atoms with Gasteiger partial charge < -0.3 is 10.6 Å². The summed E-state index contributed by atoms with van der Waals surface area (Å²) >= 11 is 0. The first-order valence-corrected chi connectivity index (χ1v) is 7.88. The van der Waals surface area contributed by atoms with Crippen molar-refractivity contribution >= 4 is 17.4 Å². The molecule has 1 fully saturated rings. The van der Waals surface area contributed by atoms with Crippen molar-refractivity contribution in [3.63, 3.8) is 0 Å². The van der Waals surface area contributed by atoms with E-state index in [0.717, 1.165) is 12.8 Å². The molecule has 0 saturated heterocycles. The molecular weight excluding hydrogens is 295 g/mol. The summed E-state index contributed by atoms with van der Waals surface area (Å²) in [6, 6.07) is 9.76. The van der Waals surface area contributed by atoms with Gasteiger partial charge in [-0.2, -0.15) is 0 Å². The average Bonchev–Trinajstić information content (AvgIpc) is 2.58. The van der Waals surface area contributed by atoms with E-state index in [1.165, 1.54) is 31.4 Å². The van der Waals surface area contributed by atoms with Crippen molar-refractivity contribution in [3.05, 3.63) is 47.9 Å². The van der Waals surface area contributed by atoms with Crippen LogP contribution < -0.4 is 10.6 Å². The first-order chi connectivity index (χ1) is 11.2. The molecule has 23 heavy (non-hydrogen) atoms. The predicted molar refractivity (Wildman–Crippen MR) is 86.9 cm³/mol. The van der Waals surface area contributed by atoms with Gasteiger partial charge in [-0.15, -0.1) is 10.2 Å². The van der Waals surface area contributed by atoms with Crippen LogP contribution in [0.4, 0.5) is 15.9 Å². The van der Waals surface area contributed by atoms with Crippen LogP contribution >= 0.6 is 0 Å². The Kier molecular flexibility index (Phi) is 4.80. The van der Waals surface area contributed by atoms with Gasteiger partial charge in [-0.1, -0.05) is 31.4 Å². The maximum Gasteiger partial charge on any atom is 0.276 e. The summed E-state index contributed by atoms with van der Waals surface area (Å²) in [5, 5.41) is 13.8. The number of nitrogens with zero attached hydrogens (tertiary/aromatic N) is 2. The summed E-state index contributed by atoms with van der Waals surface area (Å²) in [7, 11) is 0. The molecule has 5 nitrogen and oxygen atoms in total. The molecule has 120 valence electrons. The number of carbonyl (C=O) groups excluding carboxylic acids is 1. The predicted octanol–water partition coefficient (Wildman–Crippen LogP) is 3.61. The van der Waals surface area contributed by atoms with Crippen molar-refractivity contribution < 1.29 is 9.18 Å². The second kappa shape index (κ2) is 7.17. The minimum Gasteiger partial charge on any atom is -0.366 e. The number of benzene rings is 1. The zero-order valence-corrected chi connectivity index (χ0v) is 12.8. The lowest BCUT2D eigenvalue weighted by Crippen LogP contribution is -2.23. The Morgan fingerprint density at radius 3 is 2.52 bits per heavy atom. The third-order valence-corrected chi connectivity index (χ3v) is 3.98. The summed E-state index contributed by atoms with van der Waals surface area (Å²) < 4.78 is 13.5. The van der Waals surface area contributed by atoms with Crippen LogP contribution in [0.5, 0.6) is 0 Å². The van der Waals surface area contributed by atoms with Crippen molar-refractivity contribution in [1.82, 2.24) is 10.2 Å². The number of nitrogens with one attached hydrogen (secondary N) is 2. The van der Waals surface area contributed by atoms with Gasteiger partial charge in [0.25, 0.3) is 5.91 Å². The fraction of sp³-hybridized carbons (Fsp3) is 0.353. The zero-order valence-electron chi connectivity index (χ0n) is 12.8. The van der Waals surface area contributed by atoms with Crippen molar-refractivity contribution in [1.29, 1.82) is 0 Å². The van der Waals surface area contributed by atoms with Gasteiger partial charge in [0.2, 0.25) is 0 Å². The van der Waals surface area contributed by atoms with Gasteiger partial charge in [0, 0.05) is 6.04 Å². The van der Waals surface area contributed by atoms with Gasteiger partial charge in [-0.05, 0) is 37.1 Å². The molecule has 0 atom stereocenters. The molecule has 3 rings (SSSR count). The molecule has 2 N–H and O–H groups in total. The lowest BCUT2D eigenvalue weighted by atomic mass is 9.95. The van der Waals surface area contributed by atoms with E-state index in [9.17, 15) is 9.18 Å². The van der Waals surface area contributed by atoms with Gasteiger partial charge in [0.1, 0.15) is 11.6 Å². The zero-order chi connectivity index (χ0) is 16.1. The number of hydrogen-bond acceptors (Lipinski definition) is 4. The Hall–Kier alpha value is -2.50. The van der Waals surface area contributed by atoms with Crippen LogP contribution in [0.3, 0.4) is 0 Å². The van der Waals surface area contributed by atoms with Gasteiger partial charge in [-0.25, -0.2) is 4.39 Å². The summed E-state index contributed by atoms with van der Waals surface area (Å²) in [5.41, 5.74) is 0.283. The Morgan fingerprint density at radius 1 is 1.04 bits per heavy atom. The van der Waals surface area contributed by atoms with Crippen molar-refractivity contribution in [3.8, 4) is 0 Å². The van der Waals surface area contributed by atoms with E-state index >= 15 is 0 Å². The average molecular weight is 314 g/mol. The summed E-state index contributed by atoms with van der Waals surface area (Å²) in [6.45, 7) is 0. The quantitative estimate of drug-likeness (QED) is 0.904.